The summed E-state index contributed by atoms with van der Waals surface area (Å²) < 4.78 is 0.856. The number of hydrogen-bond donors (Lipinski definition) is 1. The summed E-state index contributed by atoms with van der Waals surface area (Å²) in [7, 11) is 0. The number of carbonyl (C=O) groups excluding carboxylic acids is 1. The summed E-state index contributed by atoms with van der Waals surface area (Å²) >= 11 is 3.34. The number of carbonyl (C=O) groups is 1. The quantitative estimate of drug-likeness (QED) is 0.665. The Morgan fingerprint density at radius 1 is 1.43 bits per heavy atom. The highest BCUT2D eigenvalue weighted by molar-refractivity contribution is 9.10. The summed E-state index contributed by atoms with van der Waals surface area (Å²) in [6.45, 7) is 6.17. The SMILES string of the molecule is C=NN(CC)c1ccc(NC(=O)c2cccc(Br)c2)nc1. The first-order chi connectivity index (χ1) is 10.1. The lowest BCUT2D eigenvalue weighted by molar-refractivity contribution is 0.102. The van der Waals surface area contributed by atoms with Crippen LogP contribution in [0, 0.1) is 0 Å². The van der Waals surface area contributed by atoms with Crippen LogP contribution in [-0.2, 0) is 0 Å². The van der Waals surface area contributed by atoms with Gasteiger partial charge in [-0.15, -0.1) is 0 Å². The fourth-order valence-corrected chi connectivity index (χ4v) is 2.19. The van der Waals surface area contributed by atoms with Gasteiger partial charge >= 0.3 is 0 Å². The van der Waals surface area contributed by atoms with E-state index in [1.807, 2.05) is 25.1 Å². The lowest BCUT2D eigenvalue weighted by Gasteiger charge is -2.15. The van der Waals surface area contributed by atoms with E-state index in [-0.39, 0.29) is 5.91 Å². The molecule has 108 valence electrons. The van der Waals surface area contributed by atoms with E-state index in [9.17, 15) is 4.79 Å². The number of pyridine rings is 1. The molecular formula is C15H15BrN4O. The Bertz CT molecular complexity index is 642. The van der Waals surface area contributed by atoms with Crippen LogP contribution in [0.2, 0.25) is 0 Å². The van der Waals surface area contributed by atoms with Crippen molar-refractivity contribution >= 4 is 40.1 Å². The van der Waals surface area contributed by atoms with Gasteiger partial charge in [0.25, 0.3) is 5.91 Å². The monoisotopic (exact) mass is 346 g/mol. The van der Waals surface area contributed by atoms with Gasteiger partial charge in [-0.1, -0.05) is 22.0 Å². The normalized spacial score (nSPS) is 10.0. The highest BCUT2D eigenvalue weighted by Gasteiger charge is 2.08. The van der Waals surface area contributed by atoms with E-state index in [0.29, 0.717) is 17.9 Å². The van der Waals surface area contributed by atoms with Crippen molar-refractivity contribution in [1.29, 1.82) is 0 Å². The van der Waals surface area contributed by atoms with Gasteiger partial charge in [0.1, 0.15) is 5.82 Å². The van der Waals surface area contributed by atoms with Crippen molar-refractivity contribution in [2.75, 3.05) is 16.9 Å². The Labute approximate surface area is 131 Å². The lowest BCUT2D eigenvalue weighted by Crippen LogP contribution is -2.16. The van der Waals surface area contributed by atoms with Gasteiger partial charge in [0, 0.05) is 23.3 Å². The number of anilines is 2. The van der Waals surface area contributed by atoms with Gasteiger partial charge in [-0.3, -0.25) is 9.80 Å². The van der Waals surface area contributed by atoms with Gasteiger partial charge in [-0.05, 0) is 37.3 Å². The summed E-state index contributed by atoms with van der Waals surface area (Å²) in [5.41, 5.74) is 1.39. The van der Waals surface area contributed by atoms with E-state index in [1.165, 1.54) is 0 Å². The van der Waals surface area contributed by atoms with E-state index >= 15 is 0 Å². The molecule has 0 saturated heterocycles. The average molecular weight is 347 g/mol. The standard InChI is InChI=1S/C15H15BrN4O/c1-3-20(17-2)13-7-8-14(18-10-13)19-15(21)11-5-4-6-12(16)9-11/h4-10H,2-3H2,1H3,(H,18,19,21). The minimum absolute atomic E-state index is 0.203. The molecule has 0 bridgehead atoms. The van der Waals surface area contributed by atoms with Crippen molar-refractivity contribution in [1.82, 2.24) is 4.98 Å². The van der Waals surface area contributed by atoms with Crippen LogP contribution in [0.5, 0.6) is 0 Å². The molecule has 0 atom stereocenters. The molecule has 1 aromatic heterocycles. The minimum atomic E-state index is -0.203. The molecule has 1 amide bonds. The Morgan fingerprint density at radius 2 is 2.24 bits per heavy atom. The maximum Gasteiger partial charge on any atom is 0.256 e. The van der Waals surface area contributed by atoms with Gasteiger partial charge < -0.3 is 5.32 Å². The van der Waals surface area contributed by atoms with Crippen LogP contribution in [0.4, 0.5) is 11.5 Å². The topological polar surface area (TPSA) is 57.6 Å². The molecule has 0 aliphatic heterocycles. The van der Waals surface area contributed by atoms with E-state index in [2.05, 4.69) is 38.0 Å². The first-order valence-corrected chi connectivity index (χ1v) is 7.20. The van der Waals surface area contributed by atoms with E-state index in [0.717, 1.165) is 10.2 Å². The number of aromatic nitrogens is 1. The molecule has 0 aliphatic rings. The molecule has 0 spiro atoms. The summed E-state index contributed by atoms with van der Waals surface area (Å²) in [6, 6.07) is 10.7. The molecular weight excluding hydrogens is 332 g/mol. The molecule has 0 unspecified atom stereocenters. The maximum absolute atomic E-state index is 12.1. The van der Waals surface area contributed by atoms with Crippen molar-refractivity contribution in [2.24, 2.45) is 5.10 Å². The van der Waals surface area contributed by atoms with Gasteiger partial charge in [0.05, 0.1) is 11.9 Å². The number of nitrogens with zero attached hydrogens (tertiary/aromatic N) is 3. The predicted octanol–water partition coefficient (Wildman–Crippen LogP) is 3.54. The summed E-state index contributed by atoms with van der Waals surface area (Å²) in [5.74, 6) is 0.287. The number of rotatable bonds is 5. The second kappa shape index (κ2) is 6.99. The number of nitrogens with one attached hydrogen (secondary N) is 1. The molecule has 2 rings (SSSR count). The summed E-state index contributed by atoms with van der Waals surface area (Å²) in [6.07, 6.45) is 1.65. The molecule has 5 nitrogen and oxygen atoms in total. The molecule has 1 N–H and O–H groups in total. The second-order valence-electron chi connectivity index (χ2n) is 4.22. The van der Waals surface area contributed by atoms with Gasteiger partial charge in [-0.2, -0.15) is 5.10 Å². The van der Waals surface area contributed by atoms with Crippen LogP contribution < -0.4 is 10.3 Å². The fraction of sp³-hybridized carbons (Fsp3) is 0.133. The molecule has 21 heavy (non-hydrogen) atoms. The predicted molar refractivity (Wildman–Crippen MR) is 88.9 cm³/mol. The Balaban J connectivity index is 2.10. The first-order valence-electron chi connectivity index (χ1n) is 6.41. The third kappa shape index (κ3) is 3.88. The summed E-state index contributed by atoms with van der Waals surface area (Å²) in [5, 5.41) is 8.34. The molecule has 2 aromatic rings. The van der Waals surface area contributed by atoms with Crippen LogP contribution in [0.25, 0.3) is 0 Å². The zero-order valence-electron chi connectivity index (χ0n) is 11.6. The molecule has 6 heteroatoms. The lowest BCUT2D eigenvalue weighted by atomic mass is 10.2. The maximum atomic E-state index is 12.1. The van der Waals surface area contributed by atoms with E-state index < -0.39 is 0 Å². The smallest absolute Gasteiger partial charge is 0.256 e. The Kier molecular flexibility index (Phi) is 5.05. The molecule has 1 aromatic carbocycles. The van der Waals surface area contributed by atoms with E-state index in [4.69, 9.17) is 0 Å². The third-order valence-electron chi connectivity index (χ3n) is 2.84. The highest BCUT2D eigenvalue weighted by atomic mass is 79.9. The zero-order chi connectivity index (χ0) is 15.2. The minimum Gasteiger partial charge on any atom is -0.307 e. The van der Waals surface area contributed by atoms with E-state index in [1.54, 1.807) is 29.4 Å². The molecule has 0 fully saturated rings. The fourth-order valence-electron chi connectivity index (χ4n) is 1.80. The van der Waals surface area contributed by atoms with Crippen LogP contribution in [-0.4, -0.2) is 24.2 Å². The largest absolute Gasteiger partial charge is 0.307 e. The molecule has 1 heterocycles. The number of benzene rings is 1. The first kappa shape index (κ1) is 15.2. The Hall–Kier alpha value is -2.21. The molecule has 0 radical (unpaired) electrons. The van der Waals surface area contributed by atoms with Crippen molar-refractivity contribution in [3.63, 3.8) is 0 Å². The van der Waals surface area contributed by atoms with Crippen LogP contribution in [0.15, 0.2) is 52.2 Å². The van der Waals surface area contributed by atoms with Crippen molar-refractivity contribution in [2.45, 2.75) is 6.92 Å². The molecule has 0 aliphatic carbocycles. The number of hydrazone groups is 1. The van der Waals surface area contributed by atoms with Crippen LogP contribution in [0.1, 0.15) is 17.3 Å². The van der Waals surface area contributed by atoms with Crippen molar-refractivity contribution in [3.05, 3.63) is 52.6 Å². The van der Waals surface area contributed by atoms with Crippen LogP contribution in [0.3, 0.4) is 0 Å². The number of amides is 1. The summed E-state index contributed by atoms with van der Waals surface area (Å²) in [4.78, 5) is 16.3. The second-order valence-corrected chi connectivity index (χ2v) is 5.14. The van der Waals surface area contributed by atoms with Gasteiger partial charge in [0.15, 0.2) is 0 Å². The Morgan fingerprint density at radius 3 is 2.81 bits per heavy atom. The van der Waals surface area contributed by atoms with Gasteiger partial charge in [0.2, 0.25) is 0 Å². The van der Waals surface area contributed by atoms with Gasteiger partial charge in [-0.25, -0.2) is 4.98 Å². The highest BCUT2D eigenvalue weighted by Crippen LogP contribution is 2.16. The zero-order valence-corrected chi connectivity index (χ0v) is 13.2. The number of halogens is 1. The number of hydrogen-bond acceptors (Lipinski definition) is 4. The molecule has 0 saturated carbocycles. The van der Waals surface area contributed by atoms with Crippen molar-refractivity contribution in [3.8, 4) is 0 Å². The average Bonchev–Trinajstić information content (AvgIpc) is 2.50. The van der Waals surface area contributed by atoms with Crippen LogP contribution >= 0.6 is 15.9 Å². The third-order valence-corrected chi connectivity index (χ3v) is 3.34. The van der Waals surface area contributed by atoms with Crippen molar-refractivity contribution < 1.29 is 4.79 Å².